The number of rotatable bonds is 10. The van der Waals surface area contributed by atoms with E-state index in [2.05, 4.69) is 40.9 Å². The van der Waals surface area contributed by atoms with E-state index in [0.29, 0.717) is 19.3 Å². The number of hydrogen-bond donors (Lipinski definition) is 5. The molecule has 1 heterocycles. The van der Waals surface area contributed by atoms with E-state index in [-0.39, 0.29) is 46.3 Å². The Morgan fingerprint density at radius 1 is 1.05 bits per heavy atom. The van der Waals surface area contributed by atoms with Gasteiger partial charge in [-0.15, -0.1) is 0 Å². The number of carboxylic acid groups (broad SMARTS) is 1. The van der Waals surface area contributed by atoms with Crippen molar-refractivity contribution in [2.45, 2.75) is 142 Å². The van der Waals surface area contributed by atoms with Crippen molar-refractivity contribution in [2.24, 2.45) is 39.9 Å². The monoisotopic (exact) mass is 618 g/mol. The number of allylic oxidation sites excluding steroid dienone is 3. The molecule has 0 spiro atoms. The minimum Gasteiger partial charge on any atom is -0.481 e. The molecule has 0 amide bonds. The first-order chi connectivity index (χ1) is 20.3. The fraction of sp³-hybridized carbons (Fsp3) is 0.806. The zero-order chi connectivity index (χ0) is 33.0. The predicted octanol–water partition coefficient (Wildman–Crippen LogP) is 5.39. The van der Waals surface area contributed by atoms with Crippen molar-refractivity contribution >= 4 is 5.97 Å². The molecule has 5 N–H and O–H groups in total. The van der Waals surface area contributed by atoms with Gasteiger partial charge in [0.25, 0.3) is 0 Å². The molecule has 250 valence electrons. The minimum absolute atomic E-state index is 0.0664. The molecule has 0 aromatic carbocycles. The van der Waals surface area contributed by atoms with Gasteiger partial charge in [0.15, 0.2) is 6.29 Å². The summed E-state index contributed by atoms with van der Waals surface area (Å²) in [6, 6.07) is 0. The first-order valence-corrected chi connectivity index (χ1v) is 16.6. The maximum Gasteiger partial charge on any atom is 0.303 e. The van der Waals surface area contributed by atoms with Crippen LogP contribution in [0.4, 0.5) is 0 Å². The van der Waals surface area contributed by atoms with Gasteiger partial charge in [-0.05, 0) is 113 Å². The molecule has 44 heavy (non-hydrogen) atoms. The van der Waals surface area contributed by atoms with Crippen molar-refractivity contribution in [3.05, 3.63) is 36.5 Å². The maximum absolute atomic E-state index is 12.1. The molecule has 0 radical (unpaired) electrons. The fourth-order valence-electron chi connectivity index (χ4n) is 10.4. The molecule has 8 heteroatoms. The highest BCUT2D eigenvalue weighted by Gasteiger charge is 2.70. The van der Waals surface area contributed by atoms with Gasteiger partial charge in [-0.3, -0.25) is 4.79 Å². The van der Waals surface area contributed by atoms with E-state index in [4.69, 9.17) is 9.47 Å². The highest BCUT2D eigenvalue weighted by molar-refractivity contribution is 5.66. The second kappa shape index (κ2) is 12.6. The summed E-state index contributed by atoms with van der Waals surface area (Å²) in [7, 11) is 0. The van der Waals surface area contributed by atoms with Crippen LogP contribution in [0.1, 0.15) is 99.8 Å². The maximum atomic E-state index is 12.1. The van der Waals surface area contributed by atoms with E-state index in [1.807, 2.05) is 26.0 Å². The van der Waals surface area contributed by atoms with Crippen LogP contribution in [0.5, 0.6) is 0 Å². The highest BCUT2D eigenvalue weighted by Crippen LogP contribution is 2.74. The van der Waals surface area contributed by atoms with Gasteiger partial charge in [-0.2, -0.15) is 0 Å². The largest absolute Gasteiger partial charge is 0.481 e. The number of carbonyl (C=O) groups is 1. The van der Waals surface area contributed by atoms with Crippen LogP contribution in [0.2, 0.25) is 0 Å². The molecule has 14 unspecified atom stereocenters. The zero-order valence-electron chi connectivity index (χ0n) is 28.0. The van der Waals surface area contributed by atoms with E-state index >= 15 is 0 Å². The number of aliphatic carboxylic acids is 1. The molecule has 3 aliphatic carbocycles. The first-order valence-electron chi connectivity index (χ1n) is 16.6. The standard InChI is InChI=1S/C36H58O8/c1-20(2)11-10-15-36(9,42)24-13-18-35(8)28(24)25(44-32-31(41)30(40)29(39)22(5)43-32)19-26-33(6,16-14-27(37)38)23(21(3)4)12-17-34(26,35)7/h10-11,22-26,28-32,39-42H,1,3,12-19H2,2,4-9H3,(H,37,38). The third-order valence-corrected chi connectivity index (χ3v) is 13.0. The number of aliphatic hydroxyl groups is 4. The van der Waals surface area contributed by atoms with Gasteiger partial charge in [0, 0.05) is 6.42 Å². The lowest BCUT2D eigenvalue weighted by molar-refractivity contribution is -0.327. The van der Waals surface area contributed by atoms with Crippen LogP contribution in [0.25, 0.3) is 0 Å². The first kappa shape index (κ1) is 35.3. The Morgan fingerprint density at radius 2 is 1.68 bits per heavy atom. The lowest BCUT2D eigenvalue weighted by Gasteiger charge is -2.68. The van der Waals surface area contributed by atoms with Crippen molar-refractivity contribution in [3.63, 3.8) is 0 Å². The average molecular weight is 619 g/mol. The summed E-state index contributed by atoms with van der Waals surface area (Å²) < 4.78 is 12.7. The lowest BCUT2D eigenvalue weighted by atomic mass is 9.37. The van der Waals surface area contributed by atoms with E-state index < -0.39 is 48.4 Å². The summed E-state index contributed by atoms with van der Waals surface area (Å²) >= 11 is 0. The number of fused-ring (bicyclic) bond motifs is 3. The third kappa shape index (κ3) is 6.00. The Hall–Kier alpha value is -1.55. The van der Waals surface area contributed by atoms with E-state index in [9.17, 15) is 30.3 Å². The molecule has 0 aromatic rings. The summed E-state index contributed by atoms with van der Waals surface area (Å²) in [5.74, 6) is -0.773. The molecular formula is C36H58O8. The topological polar surface area (TPSA) is 137 Å². The van der Waals surface area contributed by atoms with Crippen LogP contribution in [0.15, 0.2) is 36.5 Å². The number of carboxylic acids is 1. The van der Waals surface area contributed by atoms with E-state index in [1.165, 1.54) is 0 Å². The molecule has 4 fully saturated rings. The molecule has 0 aromatic heterocycles. The van der Waals surface area contributed by atoms with Gasteiger partial charge < -0.3 is 35.0 Å². The number of hydrogen-bond acceptors (Lipinski definition) is 7. The van der Waals surface area contributed by atoms with E-state index in [1.54, 1.807) is 6.92 Å². The fourth-order valence-corrected chi connectivity index (χ4v) is 10.4. The predicted molar refractivity (Wildman–Crippen MR) is 169 cm³/mol. The number of ether oxygens (including phenoxy) is 2. The average Bonchev–Trinajstić information content (AvgIpc) is 3.30. The molecule has 4 rings (SSSR count). The summed E-state index contributed by atoms with van der Waals surface area (Å²) in [5, 5.41) is 53.8. The minimum atomic E-state index is -1.44. The SMILES string of the molecule is C=C(C)C=CCC(C)(O)C1CCC2(C)C1C(OC1OC(C)C(O)C(O)C1O)CC1C(C)(CCC(=O)O)C(C(=C)C)CCC12C. The Balaban J connectivity index is 1.81. The highest BCUT2D eigenvalue weighted by atomic mass is 16.7. The van der Waals surface area contributed by atoms with Crippen molar-refractivity contribution < 1.29 is 39.8 Å². The summed E-state index contributed by atoms with van der Waals surface area (Å²) in [6.07, 6.45) is 2.73. The van der Waals surface area contributed by atoms with Crippen molar-refractivity contribution in [1.82, 2.24) is 0 Å². The van der Waals surface area contributed by atoms with Crippen molar-refractivity contribution in [3.8, 4) is 0 Å². The molecular weight excluding hydrogens is 560 g/mol. The smallest absolute Gasteiger partial charge is 0.303 e. The lowest BCUT2D eigenvalue weighted by Crippen LogP contribution is -2.65. The summed E-state index contributed by atoms with van der Waals surface area (Å²) in [6.45, 7) is 22.8. The van der Waals surface area contributed by atoms with Gasteiger partial charge in [-0.1, -0.05) is 57.2 Å². The molecule has 8 nitrogen and oxygen atoms in total. The molecule has 4 aliphatic rings. The van der Waals surface area contributed by atoms with Crippen LogP contribution < -0.4 is 0 Å². The van der Waals surface area contributed by atoms with Crippen LogP contribution in [0, 0.1) is 39.9 Å². The second-order valence-corrected chi connectivity index (χ2v) is 15.8. The van der Waals surface area contributed by atoms with E-state index in [0.717, 1.165) is 36.8 Å². The van der Waals surface area contributed by atoms with Crippen LogP contribution in [-0.2, 0) is 14.3 Å². The molecule has 1 aliphatic heterocycles. The van der Waals surface area contributed by atoms with Crippen LogP contribution in [0.3, 0.4) is 0 Å². The van der Waals surface area contributed by atoms with Gasteiger partial charge in [0.1, 0.15) is 18.3 Å². The summed E-state index contributed by atoms with van der Waals surface area (Å²) in [4.78, 5) is 11.9. The Bertz CT molecular complexity index is 1130. The van der Waals surface area contributed by atoms with Gasteiger partial charge in [0.05, 0.1) is 17.8 Å². The van der Waals surface area contributed by atoms with Gasteiger partial charge in [-0.25, -0.2) is 0 Å². The Labute approximate surface area is 264 Å². The number of aliphatic hydroxyl groups excluding tert-OH is 3. The van der Waals surface area contributed by atoms with Crippen LogP contribution >= 0.6 is 0 Å². The molecule has 3 saturated carbocycles. The quantitative estimate of drug-likeness (QED) is 0.125. The van der Waals surface area contributed by atoms with Crippen LogP contribution in [-0.4, -0.2) is 73.9 Å². The molecule has 14 atom stereocenters. The Morgan fingerprint density at radius 3 is 2.27 bits per heavy atom. The van der Waals surface area contributed by atoms with Crippen molar-refractivity contribution in [1.29, 1.82) is 0 Å². The van der Waals surface area contributed by atoms with Crippen molar-refractivity contribution in [2.75, 3.05) is 0 Å². The van der Waals surface area contributed by atoms with Gasteiger partial charge >= 0.3 is 5.97 Å². The third-order valence-electron chi connectivity index (χ3n) is 13.0. The zero-order valence-corrected chi connectivity index (χ0v) is 28.0. The van der Waals surface area contributed by atoms with Gasteiger partial charge in [0.2, 0.25) is 0 Å². The summed E-state index contributed by atoms with van der Waals surface area (Å²) in [5.41, 5.74) is 0.172. The normalized spacial score (nSPS) is 47.1. The molecule has 1 saturated heterocycles. The molecule has 0 bridgehead atoms. The Kier molecular flexibility index (Phi) is 10.1. The second-order valence-electron chi connectivity index (χ2n) is 15.8.